The first kappa shape index (κ1) is 24.2. The molecule has 1 aromatic carbocycles. The molecule has 1 aliphatic carbocycles. The maximum absolute atomic E-state index is 14.5. The lowest BCUT2D eigenvalue weighted by Crippen LogP contribution is -2.36. The average Bonchev–Trinajstić information content (AvgIpc) is 2.72. The number of halogens is 1. The van der Waals surface area contributed by atoms with Crippen LogP contribution < -0.4 is 11.1 Å². The highest BCUT2D eigenvalue weighted by molar-refractivity contribution is 5.97. The highest BCUT2D eigenvalue weighted by Gasteiger charge is 2.20. The van der Waals surface area contributed by atoms with Crippen LogP contribution in [0.15, 0.2) is 82.4 Å². The maximum atomic E-state index is 14.5. The van der Waals surface area contributed by atoms with Gasteiger partial charge >= 0.3 is 0 Å². The predicted octanol–water partition coefficient (Wildman–Crippen LogP) is 6.01. The Kier molecular flexibility index (Phi) is 8.43. The number of aliphatic imine (C=N–C) groups is 1. The molecule has 0 radical (unpaired) electrons. The van der Waals surface area contributed by atoms with Crippen molar-refractivity contribution in [1.82, 2.24) is 5.32 Å². The smallest absolute Gasteiger partial charge is 0.132 e. The minimum Gasteiger partial charge on any atom is -0.501 e. The van der Waals surface area contributed by atoms with Gasteiger partial charge in [-0.15, -0.1) is 0 Å². The molecular weight excluding hydrogens is 389 g/mol. The van der Waals surface area contributed by atoms with Gasteiger partial charge in [-0.05, 0) is 63.5 Å². The summed E-state index contributed by atoms with van der Waals surface area (Å²) in [7, 11) is 1.62. The second kappa shape index (κ2) is 10.8. The van der Waals surface area contributed by atoms with Crippen molar-refractivity contribution >= 4 is 11.4 Å². The largest absolute Gasteiger partial charge is 0.501 e. The average molecular weight is 424 g/mol. The molecule has 1 aliphatic rings. The molecule has 0 spiro atoms. The van der Waals surface area contributed by atoms with Crippen molar-refractivity contribution in [3.8, 4) is 0 Å². The van der Waals surface area contributed by atoms with Crippen molar-refractivity contribution in [3.63, 3.8) is 0 Å². The van der Waals surface area contributed by atoms with Gasteiger partial charge in [-0.3, -0.25) is 0 Å². The zero-order valence-corrected chi connectivity index (χ0v) is 19.4. The van der Waals surface area contributed by atoms with Gasteiger partial charge in [-0.25, -0.2) is 9.38 Å². The summed E-state index contributed by atoms with van der Waals surface area (Å²) in [5, 5.41) is 3.47. The van der Waals surface area contributed by atoms with Crippen molar-refractivity contribution in [2.75, 3.05) is 7.11 Å². The Labute approximate surface area is 185 Å². The van der Waals surface area contributed by atoms with Gasteiger partial charge in [0.25, 0.3) is 0 Å². The third-order valence-electron chi connectivity index (χ3n) is 4.69. The monoisotopic (exact) mass is 423 g/mol. The van der Waals surface area contributed by atoms with E-state index in [1.54, 1.807) is 19.2 Å². The van der Waals surface area contributed by atoms with Crippen molar-refractivity contribution in [2.24, 2.45) is 10.7 Å². The second-order valence-electron chi connectivity index (χ2n) is 8.39. The van der Waals surface area contributed by atoms with Gasteiger partial charge in [0.05, 0.1) is 7.11 Å². The first-order valence-corrected chi connectivity index (χ1v) is 10.6. The van der Waals surface area contributed by atoms with Gasteiger partial charge < -0.3 is 15.8 Å². The van der Waals surface area contributed by atoms with Gasteiger partial charge in [0.1, 0.15) is 23.2 Å². The molecular formula is C26H34FN3O. The van der Waals surface area contributed by atoms with E-state index in [1.807, 2.05) is 50.3 Å². The molecule has 0 atom stereocenters. The highest BCUT2D eigenvalue weighted by Crippen LogP contribution is 2.32. The molecule has 0 saturated heterocycles. The van der Waals surface area contributed by atoms with Crippen molar-refractivity contribution in [2.45, 2.75) is 53.0 Å². The number of ether oxygens (including phenoxy) is 1. The van der Waals surface area contributed by atoms with Crippen molar-refractivity contribution in [3.05, 3.63) is 88.8 Å². The van der Waals surface area contributed by atoms with Crippen LogP contribution in [0.25, 0.3) is 5.57 Å². The summed E-state index contributed by atoms with van der Waals surface area (Å²) in [5.41, 5.74) is 9.22. The summed E-state index contributed by atoms with van der Waals surface area (Å²) in [6.07, 6.45) is 11.0. The number of hydrogen-bond acceptors (Lipinski definition) is 3. The van der Waals surface area contributed by atoms with Gasteiger partial charge in [0, 0.05) is 23.1 Å². The van der Waals surface area contributed by atoms with Crippen LogP contribution in [0.5, 0.6) is 0 Å². The van der Waals surface area contributed by atoms with Crippen LogP contribution in [0.3, 0.4) is 0 Å². The quantitative estimate of drug-likeness (QED) is 0.321. The van der Waals surface area contributed by atoms with Gasteiger partial charge in [-0.2, -0.15) is 0 Å². The molecule has 31 heavy (non-hydrogen) atoms. The summed E-state index contributed by atoms with van der Waals surface area (Å²) in [6.45, 7) is 10.2. The first-order valence-electron chi connectivity index (χ1n) is 10.6. The van der Waals surface area contributed by atoms with E-state index in [1.165, 1.54) is 6.07 Å². The Bertz CT molecular complexity index is 973. The minimum atomic E-state index is -0.280. The standard InChI is InChI=1S/C26H34FN3O/c1-7-9-12-18(8-2)24(28)29-25(30-26(3,4)5)20-15-19(16-21(17-20)31-6)22-13-10-11-14-23(22)27/h7,9-16,30H,8,17H2,1-6H3,(H2,28,29)/b9-7-,18-12+,25-20+. The SMILES string of the molecule is C\C=C/C=C(CC)/C(N)=N/C(NC(C)(C)C)=C1/C=C(c2ccccc2F)C=C(OC)C1. The number of nitrogens with zero attached hydrogens (tertiary/aromatic N) is 1. The molecule has 4 nitrogen and oxygen atoms in total. The van der Waals surface area contributed by atoms with E-state index in [9.17, 15) is 4.39 Å². The number of allylic oxidation sites excluding steroid dienone is 7. The lowest BCUT2D eigenvalue weighted by atomic mass is 9.94. The number of methoxy groups -OCH3 is 1. The number of nitrogens with two attached hydrogens (primary N) is 1. The molecule has 166 valence electrons. The molecule has 0 bridgehead atoms. The molecule has 0 unspecified atom stereocenters. The maximum Gasteiger partial charge on any atom is 0.132 e. The molecule has 0 saturated carbocycles. The van der Waals surface area contributed by atoms with Crippen LogP contribution in [0, 0.1) is 5.82 Å². The van der Waals surface area contributed by atoms with Gasteiger partial charge in [0.15, 0.2) is 0 Å². The summed E-state index contributed by atoms with van der Waals surface area (Å²) in [5.74, 6) is 1.56. The summed E-state index contributed by atoms with van der Waals surface area (Å²) in [4.78, 5) is 4.77. The van der Waals surface area contributed by atoms with Crippen molar-refractivity contribution in [1.29, 1.82) is 0 Å². The zero-order valence-electron chi connectivity index (χ0n) is 19.4. The number of rotatable bonds is 7. The molecule has 3 N–H and O–H groups in total. The molecule has 2 rings (SSSR count). The third-order valence-corrected chi connectivity index (χ3v) is 4.69. The van der Waals surface area contributed by atoms with Gasteiger partial charge in [0.2, 0.25) is 0 Å². The van der Waals surface area contributed by atoms with E-state index in [0.717, 1.165) is 28.9 Å². The predicted molar refractivity (Wildman–Crippen MR) is 129 cm³/mol. The minimum absolute atomic E-state index is 0.244. The van der Waals surface area contributed by atoms with Gasteiger partial charge in [-0.1, -0.05) is 43.4 Å². The van der Waals surface area contributed by atoms with Crippen LogP contribution in [-0.4, -0.2) is 18.5 Å². The number of hydrogen-bond donors (Lipinski definition) is 2. The summed E-state index contributed by atoms with van der Waals surface area (Å²) < 4.78 is 20.0. The third kappa shape index (κ3) is 6.99. The molecule has 0 aliphatic heterocycles. The number of amidine groups is 1. The topological polar surface area (TPSA) is 59.6 Å². The van der Waals surface area contributed by atoms with Crippen molar-refractivity contribution < 1.29 is 9.13 Å². The van der Waals surface area contributed by atoms with Crippen LogP contribution >= 0.6 is 0 Å². The molecule has 5 heteroatoms. The Morgan fingerprint density at radius 2 is 1.97 bits per heavy atom. The van der Waals surface area contributed by atoms with Crippen LogP contribution in [-0.2, 0) is 4.74 Å². The fraction of sp³-hybridized carbons (Fsp3) is 0.346. The van der Waals surface area contributed by atoms with E-state index in [4.69, 9.17) is 15.5 Å². The molecule has 0 heterocycles. The van der Waals surface area contributed by atoms with E-state index in [2.05, 4.69) is 26.1 Å². The van der Waals surface area contributed by atoms with E-state index in [-0.39, 0.29) is 11.4 Å². The lowest BCUT2D eigenvalue weighted by Gasteiger charge is -2.26. The van der Waals surface area contributed by atoms with E-state index in [0.29, 0.717) is 23.6 Å². The Morgan fingerprint density at radius 1 is 1.26 bits per heavy atom. The van der Waals surface area contributed by atoms with E-state index >= 15 is 0 Å². The lowest BCUT2D eigenvalue weighted by molar-refractivity contribution is 0.283. The van der Waals surface area contributed by atoms with Crippen LogP contribution in [0.2, 0.25) is 0 Å². The highest BCUT2D eigenvalue weighted by atomic mass is 19.1. The summed E-state index contributed by atoms with van der Waals surface area (Å²) in [6, 6.07) is 6.72. The molecule has 0 amide bonds. The summed E-state index contributed by atoms with van der Waals surface area (Å²) >= 11 is 0. The Balaban J connectivity index is 2.66. The number of benzene rings is 1. The molecule has 0 fully saturated rings. The molecule has 0 aromatic heterocycles. The number of nitrogens with one attached hydrogen (secondary N) is 1. The van der Waals surface area contributed by atoms with Crippen LogP contribution in [0.1, 0.15) is 53.0 Å². The van der Waals surface area contributed by atoms with E-state index < -0.39 is 0 Å². The Morgan fingerprint density at radius 3 is 2.55 bits per heavy atom. The Hall–Kier alpha value is -3.08. The zero-order chi connectivity index (χ0) is 23.0. The molecule has 1 aromatic rings. The fourth-order valence-electron chi connectivity index (χ4n) is 3.15. The first-order chi connectivity index (χ1) is 14.7. The second-order valence-corrected chi connectivity index (χ2v) is 8.39. The fourth-order valence-corrected chi connectivity index (χ4v) is 3.15. The normalized spacial score (nSPS) is 17.4. The van der Waals surface area contributed by atoms with Crippen LogP contribution in [0.4, 0.5) is 4.39 Å².